The first-order chi connectivity index (χ1) is 12.3. The van der Waals surface area contributed by atoms with Crippen molar-refractivity contribution in [1.82, 2.24) is 0 Å². The first-order valence-electron chi connectivity index (χ1n) is 8.79. The van der Waals surface area contributed by atoms with Crippen molar-refractivity contribution < 1.29 is 4.79 Å². The molecule has 0 bridgehead atoms. The van der Waals surface area contributed by atoms with Crippen molar-refractivity contribution in [1.29, 1.82) is 0 Å². The molecule has 0 fully saturated rings. The van der Waals surface area contributed by atoms with Gasteiger partial charge < -0.3 is 4.90 Å². The lowest BCUT2D eigenvalue weighted by Gasteiger charge is -2.29. The largest absolute Gasteiger partial charge is 0.310 e. The molecule has 0 heterocycles. The average molecular weight is 329 g/mol. The lowest BCUT2D eigenvalue weighted by Crippen LogP contribution is -2.14. The van der Waals surface area contributed by atoms with Gasteiger partial charge in [0.1, 0.15) is 6.29 Å². The van der Waals surface area contributed by atoms with Crippen LogP contribution in [-0.4, -0.2) is 6.29 Å². The third-order valence-corrected chi connectivity index (χ3v) is 4.49. The summed E-state index contributed by atoms with van der Waals surface area (Å²) in [5.41, 5.74) is 6.77. The third-order valence-electron chi connectivity index (χ3n) is 4.49. The Balaban J connectivity index is 2.23. The van der Waals surface area contributed by atoms with Crippen molar-refractivity contribution in [3.05, 3.63) is 89.5 Å². The second-order valence-corrected chi connectivity index (χ2v) is 6.01. The Bertz CT molecular complexity index is 815. The summed E-state index contributed by atoms with van der Waals surface area (Å²) in [7, 11) is 0. The number of rotatable bonds is 6. The van der Waals surface area contributed by atoms with Crippen molar-refractivity contribution in [2.24, 2.45) is 0 Å². The molecule has 0 radical (unpaired) electrons. The van der Waals surface area contributed by atoms with Gasteiger partial charge in [0.25, 0.3) is 0 Å². The molecule has 0 spiro atoms. The van der Waals surface area contributed by atoms with E-state index in [0.29, 0.717) is 5.56 Å². The van der Waals surface area contributed by atoms with Crippen LogP contribution in [0.4, 0.5) is 17.1 Å². The van der Waals surface area contributed by atoms with E-state index in [1.807, 2.05) is 30.3 Å². The van der Waals surface area contributed by atoms with E-state index in [1.54, 1.807) is 0 Å². The topological polar surface area (TPSA) is 20.3 Å². The Morgan fingerprint density at radius 3 is 1.80 bits per heavy atom. The van der Waals surface area contributed by atoms with Gasteiger partial charge >= 0.3 is 0 Å². The van der Waals surface area contributed by atoms with Crippen LogP contribution in [-0.2, 0) is 12.8 Å². The minimum Gasteiger partial charge on any atom is -0.310 e. The third kappa shape index (κ3) is 3.48. The number of aryl methyl sites for hydroxylation is 2. The Hall–Kier alpha value is -2.87. The summed E-state index contributed by atoms with van der Waals surface area (Å²) in [6, 6.07) is 24.7. The molecule has 0 atom stereocenters. The van der Waals surface area contributed by atoms with Gasteiger partial charge in [0, 0.05) is 16.9 Å². The summed E-state index contributed by atoms with van der Waals surface area (Å²) in [5.74, 6) is 0. The molecule has 3 rings (SSSR count). The highest BCUT2D eigenvalue weighted by Gasteiger charge is 2.18. The highest BCUT2D eigenvalue weighted by molar-refractivity contribution is 5.82. The fraction of sp³-hybridized carbons (Fsp3) is 0.174. The number of anilines is 3. The monoisotopic (exact) mass is 329 g/mol. The van der Waals surface area contributed by atoms with Crippen LogP contribution >= 0.6 is 0 Å². The fourth-order valence-corrected chi connectivity index (χ4v) is 3.19. The van der Waals surface area contributed by atoms with E-state index in [4.69, 9.17) is 0 Å². The molecule has 0 aromatic heterocycles. The van der Waals surface area contributed by atoms with Gasteiger partial charge in [-0.2, -0.15) is 0 Å². The van der Waals surface area contributed by atoms with E-state index in [-0.39, 0.29) is 0 Å². The number of hydrogen-bond donors (Lipinski definition) is 0. The summed E-state index contributed by atoms with van der Waals surface area (Å²) < 4.78 is 0. The van der Waals surface area contributed by atoms with Crippen molar-refractivity contribution >= 4 is 23.3 Å². The number of hydrogen-bond acceptors (Lipinski definition) is 2. The maximum absolute atomic E-state index is 11.0. The first kappa shape index (κ1) is 17.0. The second kappa shape index (κ2) is 7.80. The quantitative estimate of drug-likeness (QED) is 0.510. The average Bonchev–Trinajstić information content (AvgIpc) is 2.69. The van der Waals surface area contributed by atoms with Crippen molar-refractivity contribution in [2.45, 2.75) is 26.7 Å². The summed E-state index contributed by atoms with van der Waals surface area (Å²) in [4.78, 5) is 13.3. The van der Waals surface area contributed by atoms with Crippen LogP contribution in [0.3, 0.4) is 0 Å². The van der Waals surface area contributed by atoms with Crippen molar-refractivity contribution in [2.75, 3.05) is 4.90 Å². The van der Waals surface area contributed by atoms with E-state index in [2.05, 4.69) is 61.2 Å². The van der Waals surface area contributed by atoms with Crippen molar-refractivity contribution in [3.8, 4) is 0 Å². The van der Waals surface area contributed by atoms with E-state index in [9.17, 15) is 4.79 Å². The number of benzene rings is 3. The number of aldehydes is 1. The summed E-state index contributed by atoms with van der Waals surface area (Å²) in [6.45, 7) is 4.38. The molecule has 3 aromatic rings. The van der Waals surface area contributed by atoms with Crippen molar-refractivity contribution in [3.63, 3.8) is 0 Å². The Labute approximate surface area is 149 Å². The highest BCUT2D eigenvalue weighted by Crippen LogP contribution is 2.39. The molecule has 2 heteroatoms. The molecular formula is C23H23NO. The van der Waals surface area contributed by atoms with Gasteiger partial charge in [-0.1, -0.05) is 50.2 Å². The van der Waals surface area contributed by atoms with Crippen LogP contribution in [0.15, 0.2) is 72.8 Å². The molecule has 0 N–H and O–H groups in total. The second-order valence-electron chi connectivity index (χ2n) is 6.01. The zero-order valence-corrected chi connectivity index (χ0v) is 14.8. The van der Waals surface area contributed by atoms with Gasteiger partial charge in [0.15, 0.2) is 0 Å². The molecule has 0 unspecified atom stereocenters. The van der Waals surface area contributed by atoms with Crippen LogP contribution in [0, 0.1) is 0 Å². The summed E-state index contributed by atoms with van der Waals surface area (Å²) in [5, 5.41) is 0. The molecule has 0 aliphatic carbocycles. The molecule has 2 nitrogen and oxygen atoms in total. The van der Waals surface area contributed by atoms with Crippen LogP contribution < -0.4 is 4.90 Å². The SMILES string of the molecule is CCc1cccc(CC)c1N(c1ccccc1)c1ccc(C=O)cc1. The Kier molecular flexibility index (Phi) is 5.30. The van der Waals surface area contributed by atoms with E-state index in [0.717, 1.165) is 30.5 Å². The minimum absolute atomic E-state index is 0.691. The van der Waals surface area contributed by atoms with Gasteiger partial charge in [-0.3, -0.25) is 4.79 Å². The smallest absolute Gasteiger partial charge is 0.150 e. The summed E-state index contributed by atoms with van der Waals surface area (Å²) >= 11 is 0. The molecule has 0 aliphatic rings. The predicted octanol–water partition coefficient (Wildman–Crippen LogP) is 6.09. The Morgan fingerprint density at radius 2 is 1.28 bits per heavy atom. The Morgan fingerprint density at radius 1 is 0.720 bits per heavy atom. The molecule has 126 valence electrons. The minimum atomic E-state index is 0.691. The lowest BCUT2D eigenvalue weighted by atomic mass is 10.0. The molecule has 0 saturated heterocycles. The number of para-hydroxylation sites is 2. The zero-order valence-electron chi connectivity index (χ0n) is 14.8. The number of carbonyl (C=O) groups excluding carboxylic acids is 1. The van der Waals surface area contributed by atoms with Crippen LogP contribution in [0.5, 0.6) is 0 Å². The van der Waals surface area contributed by atoms with Gasteiger partial charge in [-0.15, -0.1) is 0 Å². The lowest BCUT2D eigenvalue weighted by molar-refractivity contribution is 0.112. The normalized spacial score (nSPS) is 10.5. The standard InChI is InChI=1S/C23H23NO/c1-3-19-9-8-10-20(4-2)23(19)24(21-11-6-5-7-12-21)22-15-13-18(17-25)14-16-22/h5-17H,3-4H2,1-2H3. The van der Waals surface area contributed by atoms with Crippen LogP contribution in [0.2, 0.25) is 0 Å². The van der Waals surface area contributed by atoms with Crippen LogP contribution in [0.1, 0.15) is 35.3 Å². The van der Waals surface area contributed by atoms with E-state index < -0.39 is 0 Å². The fourth-order valence-electron chi connectivity index (χ4n) is 3.19. The number of nitrogens with zero attached hydrogens (tertiary/aromatic N) is 1. The van der Waals surface area contributed by atoms with E-state index in [1.165, 1.54) is 16.8 Å². The summed E-state index contributed by atoms with van der Waals surface area (Å²) in [6.07, 6.45) is 2.83. The maximum Gasteiger partial charge on any atom is 0.150 e. The predicted molar refractivity (Wildman–Crippen MR) is 105 cm³/mol. The van der Waals surface area contributed by atoms with Gasteiger partial charge in [0.05, 0.1) is 5.69 Å². The molecule has 25 heavy (non-hydrogen) atoms. The molecule has 0 amide bonds. The molecule has 0 saturated carbocycles. The van der Waals surface area contributed by atoms with Gasteiger partial charge in [0.2, 0.25) is 0 Å². The molecular weight excluding hydrogens is 306 g/mol. The molecule has 0 aliphatic heterocycles. The first-order valence-corrected chi connectivity index (χ1v) is 8.79. The van der Waals surface area contributed by atoms with E-state index >= 15 is 0 Å². The highest BCUT2D eigenvalue weighted by atomic mass is 16.1. The zero-order chi connectivity index (χ0) is 17.6. The number of carbonyl (C=O) groups is 1. The van der Waals surface area contributed by atoms with Gasteiger partial charge in [-0.05, 0) is 60.4 Å². The molecule has 3 aromatic carbocycles. The van der Waals surface area contributed by atoms with Gasteiger partial charge in [-0.25, -0.2) is 0 Å². The maximum atomic E-state index is 11.0. The van der Waals surface area contributed by atoms with Crippen LogP contribution in [0.25, 0.3) is 0 Å².